The molecule has 6 rings (SSSR count). The third-order valence-corrected chi connectivity index (χ3v) is 12.1. The lowest BCUT2D eigenvalue weighted by Gasteiger charge is -2.22. The van der Waals surface area contributed by atoms with E-state index >= 15 is 4.79 Å². The fraction of sp³-hybridized carbons (Fsp3) is 0.413. The number of nitrogens with zero attached hydrogens (tertiary/aromatic N) is 5. The number of fused-ring (bicyclic) bond motifs is 2. The van der Waals surface area contributed by atoms with E-state index in [0.29, 0.717) is 17.6 Å². The van der Waals surface area contributed by atoms with Crippen LogP contribution in [0.15, 0.2) is 99.5 Å². The molecule has 0 radical (unpaired) electrons. The van der Waals surface area contributed by atoms with E-state index in [1.165, 1.54) is 117 Å². The van der Waals surface area contributed by atoms with Gasteiger partial charge in [0, 0.05) is 18.7 Å². The molecule has 3 aromatic carbocycles. The molecule has 0 aliphatic heterocycles. The van der Waals surface area contributed by atoms with Gasteiger partial charge in [0.05, 0.1) is 39.3 Å². The number of rotatable bonds is 24. The number of amides is 2. The Hall–Kier alpha value is -6.16. The molecule has 0 saturated heterocycles. The Balaban J connectivity index is 1.28. The predicted octanol–water partition coefficient (Wildman–Crippen LogP) is 8.12. The molecular weight excluding hydrogens is 809 g/mol. The van der Waals surface area contributed by atoms with Crippen molar-refractivity contribution in [1.29, 1.82) is 0 Å². The SMILES string of the molecule is CCCCCCCCCCCCCCCCOc1ccc(S(=O)(=O)NC(=O)CC)cc1NC(=O)C(c1nc2ccccc2c(=O)n1-c1cc[nH]c(=O)c1)n1nnc2ccccc21. The van der Waals surface area contributed by atoms with E-state index in [1.54, 1.807) is 48.5 Å². The number of anilines is 1. The third-order valence-electron chi connectivity index (χ3n) is 10.8. The van der Waals surface area contributed by atoms with Crippen LogP contribution in [0.4, 0.5) is 5.69 Å². The van der Waals surface area contributed by atoms with Gasteiger partial charge in [-0.25, -0.2) is 22.8 Å². The summed E-state index contributed by atoms with van der Waals surface area (Å²) in [7, 11) is -4.34. The van der Waals surface area contributed by atoms with Crippen molar-refractivity contribution < 1.29 is 22.7 Å². The van der Waals surface area contributed by atoms with Crippen molar-refractivity contribution in [2.24, 2.45) is 0 Å². The van der Waals surface area contributed by atoms with Gasteiger partial charge in [-0.3, -0.25) is 23.7 Å². The first-order valence-corrected chi connectivity index (χ1v) is 23.2. The number of ether oxygens (including phenoxy) is 1. The van der Waals surface area contributed by atoms with Crippen molar-refractivity contribution in [2.45, 2.75) is 121 Å². The molecule has 1 atom stereocenters. The Kier molecular flexibility index (Phi) is 16.2. The molecule has 0 fully saturated rings. The summed E-state index contributed by atoms with van der Waals surface area (Å²) in [4.78, 5) is 61.3. The molecule has 15 nitrogen and oxygen atoms in total. The van der Waals surface area contributed by atoms with Gasteiger partial charge in [0.15, 0.2) is 11.9 Å². The predicted molar refractivity (Wildman–Crippen MR) is 240 cm³/mol. The summed E-state index contributed by atoms with van der Waals surface area (Å²) >= 11 is 0. The molecule has 0 bridgehead atoms. The Morgan fingerprint density at radius 1 is 0.774 bits per heavy atom. The summed E-state index contributed by atoms with van der Waals surface area (Å²) in [6.45, 7) is 4.07. The highest BCUT2D eigenvalue weighted by Gasteiger charge is 2.33. The maximum Gasteiger partial charge on any atom is 0.266 e. The van der Waals surface area contributed by atoms with Crippen molar-refractivity contribution in [3.05, 3.63) is 112 Å². The highest BCUT2D eigenvalue weighted by Crippen LogP contribution is 2.32. The number of hydrogen-bond acceptors (Lipinski definition) is 10. The van der Waals surface area contributed by atoms with Gasteiger partial charge in [0.2, 0.25) is 11.5 Å². The van der Waals surface area contributed by atoms with Gasteiger partial charge in [0.1, 0.15) is 11.3 Å². The molecule has 0 aliphatic rings. The minimum atomic E-state index is -4.34. The van der Waals surface area contributed by atoms with E-state index in [9.17, 15) is 22.8 Å². The quantitative estimate of drug-likeness (QED) is 0.0499. The molecule has 328 valence electrons. The van der Waals surface area contributed by atoms with E-state index in [0.717, 1.165) is 25.7 Å². The first-order chi connectivity index (χ1) is 30.1. The number of aromatic nitrogens is 6. The Labute approximate surface area is 361 Å². The summed E-state index contributed by atoms with van der Waals surface area (Å²) in [5.41, 5.74) is 0.268. The molecule has 1 unspecified atom stereocenters. The number of H-pyrrole nitrogens is 1. The zero-order chi connectivity index (χ0) is 43.9. The van der Waals surface area contributed by atoms with Gasteiger partial charge < -0.3 is 15.0 Å². The van der Waals surface area contributed by atoms with Crippen LogP contribution >= 0.6 is 0 Å². The minimum absolute atomic E-state index is 0.00699. The van der Waals surface area contributed by atoms with Gasteiger partial charge in [0.25, 0.3) is 21.5 Å². The van der Waals surface area contributed by atoms with Gasteiger partial charge in [-0.2, -0.15) is 0 Å². The molecule has 3 aromatic heterocycles. The number of unbranched alkanes of at least 4 members (excludes halogenated alkanes) is 13. The van der Waals surface area contributed by atoms with Crippen LogP contribution in [-0.4, -0.2) is 56.4 Å². The molecule has 0 spiro atoms. The number of sulfonamides is 1. The van der Waals surface area contributed by atoms with Crippen molar-refractivity contribution in [3.63, 3.8) is 0 Å². The average Bonchev–Trinajstić information content (AvgIpc) is 3.69. The van der Waals surface area contributed by atoms with Crippen molar-refractivity contribution in [2.75, 3.05) is 11.9 Å². The number of aromatic amines is 1. The van der Waals surface area contributed by atoms with Crippen LogP contribution in [0.25, 0.3) is 27.6 Å². The van der Waals surface area contributed by atoms with Crippen molar-refractivity contribution >= 4 is 49.5 Å². The molecule has 2 amide bonds. The standard InChI is InChI=1S/C46H56N8O7S/c1-3-5-6-7-8-9-10-11-12-13-14-15-16-21-30-61-40-27-26-34(62(59,60)51-41(55)4-2)32-38(40)49-45(57)43(54-39-25-20-19-24-37(39)50-52-54)44-48-36-23-18-17-22-35(36)46(58)53(44)33-28-29-47-42(56)31-33/h17-20,22-29,31-32,43H,3-16,21,30H2,1-2H3,(H,47,56)(H,49,57)(H,51,55). The topological polar surface area (TPSA) is 200 Å². The Morgan fingerprint density at radius 3 is 2.10 bits per heavy atom. The molecule has 3 N–H and O–H groups in total. The van der Waals surface area contributed by atoms with Gasteiger partial charge >= 0.3 is 0 Å². The minimum Gasteiger partial charge on any atom is -0.491 e. The number of carbonyl (C=O) groups excluding carboxylic acids is 2. The fourth-order valence-corrected chi connectivity index (χ4v) is 8.51. The molecule has 6 aromatic rings. The fourth-order valence-electron chi connectivity index (χ4n) is 7.43. The van der Waals surface area contributed by atoms with Crippen LogP contribution in [0.3, 0.4) is 0 Å². The van der Waals surface area contributed by atoms with Crippen molar-refractivity contribution in [3.8, 4) is 11.4 Å². The van der Waals surface area contributed by atoms with Crippen LogP contribution in [0.5, 0.6) is 5.75 Å². The Bertz CT molecular complexity index is 2690. The van der Waals surface area contributed by atoms with Crippen LogP contribution in [0, 0.1) is 0 Å². The molecule has 3 heterocycles. The number of nitrogens with one attached hydrogen (secondary N) is 3. The third kappa shape index (κ3) is 11.6. The molecule has 0 aliphatic carbocycles. The van der Waals surface area contributed by atoms with Gasteiger partial charge in [-0.1, -0.05) is 127 Å². The van der Waals surface area contributed by atoms with Gasteiger partial charge in [-0.15, -0.1) is 5.10 Å². The van der Waals surface area contributed by atoms with Gasteiger partial charge in [-0.05, 0) is 55.0 Å². The second kappa shape index (κ2) is 22.1. The van der Waals surface area contributed by atoms with E-state index in [4.69, 9.17) is 9.72 Å². The monoisotopic (exact) mass is 864 g/mol. The summed E-state index contributed by atoms with van der Waals surface area (Å²) in [5, 5.41) is 11.7. The first-order valence-electron chi connectivity index (χ1n) is 21.8. The lowest BCUT2D eigenvalue weighted by Crippen LogP contribution is -2.35. The second-order valence-electron chi connectivity index (χ2n) is 15.4. The largest absolute Gasteiger partial charge is 0.491 e. The first kappa shape index (κ1) is 45.4. The summed E-state index contributed by atoms with van der Waals surface area (Å²) in [6.07, 6.45) is 18.1. The van der Waals surface area contributed by atoms with Crippen molar-refractivity contribution in [1.82, 2.24) is 34.3 Å². The number of pyridine rings is 1. The Morgan fingerprint density at radius 2 is 1.42 bits per heavy atom. The average molecular weight is 865 g/mol. The molecule has 16 heteroatoms. The smallest absolute Gasteiger partial charge is 0.266 e. The van der Waals surface area contributed by atoms with E-state index in [-0.39, 0.29) is 45.2 Å². The zero-order valence-electron chi connectivity index (χ0n) is 35.5. The zero-order valence-corrected chi connectivity index (χ0v) is 36.3. The van der Waals surface area contributed by atoms with E-state index < -0.39 is 39.0 Å². The number of carbonyl (C=O) groups is 2. The van der Waals surface area contributed by atoms with E-state index in [1.807, 2.05) is 4.72 Å². The molecule has 62 heavy (non-hydrogen) atoms. The highest BCUT2D eigenvalue weighted by molar-refractivity contribution is 7.90. The van der Waals surface area contributed by atoms with Crippen LogP contribution in [0.1, 0.15) is 122 Å². The van der Waals surface area contributed by atoms with E-state index in [2.05, 4.69) is 27.5 Å². The highest BCUT2D eigenvalue weighted by atomic mass is 32.2. The van der Waals surface area contributed by atoms with Crippen LogP contribution < -0.4 is 25.9 Å². The summed E-state index contributed by atoms with van der Waals surface area (Å²) < 4.78 is 37.5. The lowest BCUT2D eigenvalue weighted by atomic mass is 10.0. The lowest BCUT2D eigenvalue weighted by molar-refractivity contribution is -0.119. The number of hydrogen-bond donors (Lipinski definition) is 3. The van der Waals surface area contributed by atoms with Crippen LogP contribution in [0.2, 0.25) is 0 Å². The van der Waals surface area contributed by atoms with Crippen LogP contribution in [-0.2, 0) is 19.6 Å². The molecular formula is C46H56N8O7S. The number of benzene rings is 3. The second-order valence-corrected chi connectivity index (χ2v) is 17.1. The maximum absolute atomic E-state index is 15.0. The summed E-state index contributed by atoms with van der Waals surface area (Å²) in [5.74, 6) is -1.40. The normalized spacial score (nSPS) is 12.1. The maximum atomic E-state index is 15.0. The summed E-state index contributed by atoms with van der Waals surface area (Å²) in [6, 6.07) is 18.7. The molecule has 0 saturated carbocycles. The number of para-hydroxylation sites is 2.